The van der Waals surface area contributed by atoms with Gasteiger partial charge in [0.05, 0.1) is 4.91 Å². The number of fused-ring (bicyclic) bond motifs is 1. The van der Waals surface area contributed by atoms with E-state index in [-0.39, 0.29) is 29.6 Å². The van der Waals surface area contributed by atoms with Crippen LogP contribution in [0.25, 0.3) is 17.0 Å². The second kappa shape index (κ2) is 7.23. The number of nitrogens with zero attached hydrogens (tertiary/aromatic N) is 2. The first-order valence-corrected chi connectivity index (χ1v) is 9.97. The summed E-state index contributed by atoms with van der Waals surface area (Å²) in [4.78, 5) is 38.5. The Labute approximate surface area is 161 Å². The van der Waals surface area contributed by atoms with E-state index in [0.29, 0.717) is 4.91 Å². The van der Waals surface area contributed by atoms with Crippen molar-refractivity contribution in [3.05, 3.63) is 40.9 Å². The van der Waals surface area contributed by atoms with Gasteiger partial charge in [-0.25, -0.2) is 0 Å². The molecule has 0 radical (unpaired) electrons. The molecule has 1 atom stereocenters. The second-order valence-corrected chi connectivity index (χ2v) is 8.03. The Morgan fingerprint density at radius 2 is 2.11 bits per heavy atom. The van der Waals surface area contributed by atoms with Gasteiger partial charge in [-0.2, -0.15) is 0 Å². The van der Waals surface area contributed by atoms with Crippen LogP contribution in [0.2, 0.25) is 0 Å². The topological polar surface area (TPSA) is 71.4 Å². The lowest BCUT2D eigenvalue weighted by Gasteiger charge is -2.33. The lowest BCUT2D eigenvalue weighted by atomic mass is 10.0. The fraction of sp³-hybridized carbons (Fsp3) is 0.350. The Balaban J connectivity index is 1.66. The zero-order valence-electron chi connectivity index (χ0n) is 15.1. The summed E-state index contributed by atoms with van der Waals surface area (Å²) in [5, 5.41) is 2.87. The monoisotopic (exact) mass is 383 g/mol. The van der Waals surface area contributed by atoms with Crippen molar-refractivity contribution in [3.63, 3.8) is 0 Å². The smallest absolute Gasteiger partial charge is 0.290 e. The molecule has 6 nitrogen and oxygen atoms in total. The highest BCUT2D eigenvalue weighted by atomic mass is 32.2. The van der Waals surface area contributed by atoms with Crippen molar-refractivity contribution >= 4 is 45.8 Å². The Morgan fingerprint density at radius 3 is 2.85 bits per heavy atom. The molecule has 7 heteroatoms. The van der Waals surface area contributed by atoms with Crippen molar-refractivity contribution in [1.29, 1.82) is 0 Å². The van der Waals surface area contributed by atoms with Crippen LogP contribution in [0.3, 0.4) is 0 Å². The van der Waals surface area contributed by atoms with Crippen LogP contribution >= 0.6 is 11.8 Å². The van der Waals surface area contributed by atoms with Gasteiger partial charge in [0.15, 0.2) is 0 Å². The van der Waals surface area contributed by atoms with Crippen LogP contribution in [-0.2, 0) is 16.1 Å². The molecule has 1 aromatic carbocycles. The third kappa shape index (κ3) is 3.51. The van der Waals surface area contributed by atoms with Gasteiger partial charge in [-0.15, -0.1) is 0 Å². The van der Waals surface area contributed by atoms with Gasteiger partial charge in [-0.3, -0.25) is 19.7 Å². The Kier molecular flexibility index (Phi) is 4.78. The van der Waals surface area contributed by atoms with Gasteiger partial charge in [0, 0.05) is 35.2 Å². The number of hydrogen-bond donors (Lipinski definition) is 1. The second-order valence-electron chi connectivity index (χ2n) is 7.01. The lowest BCUT2D eigenvalue weighted by molar-refractivity contribution is -0.135. The van der Waals surface area contributed by atoms with Crippen LogP contribution < -0.4 is 5.32 Å². The number of nitrogens with one attached hydrogen (secondary N) is 1. The van der Waals surface area contributed by atoms with E-state index < -0.39 is 0 Å². The molecule has 2 saturated heterocycles. The fourth-order valence-electron chi connectivity index (χ4n) is 3.79. The number of amides is 3. The molecule has 0 spiro atoms. The molecular weight excluding hydrogens is 362 g/mol. The normalized spacial score (nSPS) is 21.9. The Morgan fingerprint density at radius 1 is 1.30 bits per heavy atom. The molecule has 2 fully saturated rings. The number of benzene rings is 1. The Hall–Kier alpha value is -2.54. The summed E-state index contributed by atoms with van der Waals surface area (Å²) in [5.74, 6) is -0.259. The maximum absolute atomic E-state index is 12.8. The number of carbonyl (C=O) groups excluding carboxylic acids is 3. The van der Waals surface area contributed by atoms with Crippen molar-refractivity contribution in [2.45, 2.75) is 38.8 Å². The van der Waals surface area contributed by atoms with Crippen LogP contribution in [0.5, 0.6) is 0 Å². The van der Waals surface area contributed by atoms with Gasteiger partial charge >= 0.3 is 0 Å². The maximum atomic E-state index is 12.8. The summed E-state index contributed by atoms with van der Waals surface area (Å²) in [6.45, 7) is 3.19. The van der Waals surface area contributed by atoms with E-state index in [2.05, 4.69) is 12.2 Å². The molecular formula is C20H21N3O3S. The summed E-state index contributed by atoms with van der Waals surface area (Å²) >= 11 is 0.900. The van der Waals surface area contributed by atoms with E-state index in [1.165, 1.54) is 6.42 Å². The number of likely N-dealkylation sites (tertiary alicyclic amines) is 1. The van der Waals surface area contributed by atoms with Crippen LogP contribution in [0, 0.1) is 0 Å². The number of thioether (sulfide) groups is 1. The maximum Gasteiger partial charge on any atom is 0.290 e. The largest absolute Gasteiger partial charge is 0.338 e. The minimum absolute atomic E-state index is 0.116. The SMILES string of the molecule is C[C@@H]1CCCCN1C(=O)Cn1cc(/C=C2\SC(=O)NC2=O)c2ccccc21. The highest BCUT2D eigenvalue weighted by Gasteiger charge is 2.26. The number of carbonyl (C=O) groups is 3. The number of aromatic nitrogens is 1. The zero-order chi connectivity index (χ0) is 19.0. The summed E-state index contributed by atoms with van der Waals surface area (Å²) in [5.41, 5.74) is 1.77. The molecule has 0 unspecified atom stereocenters. The molecule has 0 saturated carbocycles. The van der Waals surface area contributed by atoms with Crippen LogP contribution in [0.15, 0.2) is 35.4 Å². The first-order valence-electron chi connectivity index (χ1n) is 9.15. The van der Waals surface area contributed by atoms with Crippen molar-refractivity contribution in [2.75, 3.05) is 6.54 Å². The van der Waals surface area contributed by atoms with Gasteiger partial charge in [-0.05, 0) is 50.1 Å². The van der Waals surface area contributed by atoms with E-state index >= 15 is 0 Å². The molecule has 0 bridgehead atoms. The first kappa shape index (κ1) is 17.9. The van der Waals surface area contributed by atoms with Gasteiger partial charge in [0.25, 0.3) is 11.1 Å². The van der Waals surface area contributed by atoms with Crippen molar-refractivity contribution in [1.82, 2.24) is 14.8 Å². The molecule has 1 aromatic heterocycles. The van der Waals surface area contributed by atoms with Crippen molar-refractivity contribution < 1.29 is 14.4 Å². The highest BCUT2D eigenvalue weighted by molar-refractivity contribution is 8.18. The quantitative estimate of drug-likeness (QED) is 0.825. The molecule has 4 rings (SSSR count). The van der Waals surface area contributed by atoms with E-state index in [9.17, 15) is 14.4 Å². The summed E-state index contributed by atoms with van der Waals surface area (Å²) < 4.78 is 1.94. The van der Waals surface area contributed by atoms with Gasteiger partial charge < -0.3 is 9.47 Å². The van der Waals surface area contributed by atoms with E-state index in [1.54, 1.807) is 6.08 Å². The molecule has 2 aliphatic rings. The minimum Gasteiger partial charge on any atom is -0.338 e. The number of para-hydroxylation sites is 1. The third-order valence-corrected chi connectivity index (χ3v) is 5.99. The average molecular weight is 383 g/mol. The first-order chi connectivity index (χ1) is 13.0. The van der Waals surface area contributed by atoms with Gasteiger partial charge in [0.1, 0.15) is 6.54 Å². The molecule has 1 N–H and O–H groups in total. The summed E-state index contributed by atoms with van der Waals surface area (Å²) in [7, 11) is 0. The molecule has 27 heavy (non-hydrogen) atoms. The zero-order valence-corrected chi connectivity index (χ0v) is 15.9. The summed E-state index contributed by atoms with van der Waals surface area (Å²) in [6.07, 6.45) is 6.89. The minimum atomic E-state index is -0.375. The van der Waals surface area contributed by atoms with Crippen molar-refractivity contribution in [3.8, 4) is 0 Å². The van der Waals surface area contributed by atoms with Gasteiger partial charge in [-0.1, -0.05) is 18.2 Å². The average Bonchev–Trinajstić information content (AvgIpc) is 3.15. The van der Waals surface area contributed by atoms with Crippen LogP contribution in [0.4, 0.5) is 4.79 Å². The highest BCUT2D eigenvalue weighted by Crippen LogP contribution is 2.30. The molecule has 2 aliphatic heterocycles. The molecule has 3 heterocycles. The number of imide groups is 1. The summed E-state index contributed by atoms with van der Waals surface area (Å²) in [6, 6.07) is 8.07. The standard InChI is InChI=1S/C20H21N3O3S/c1-13-6-4-5-9-23(13)18(24)12-22-11-14(15-7-2-3-8-16(15)22)10-17-19(25)21-20(26)27-17/h2-3,7-8,10-11,13H,4-6,9,12H2,1H3,(H,21,25,26)/b17-10-/t13-/m1/s1. The van der Waals surface area contributed by atoms with Crippen molar-refractivity contribution in [2.24, 2.45) is 0 Å². The van der Waals surface area contributed by atoms with E-state index in [1.807, 2.05) is 39.9 Å². The van der Waals surface area contributed by atoms with Crippen LogP contribution in [-0.4, -0.2) is 39.1 Å². The van der Waals surface area contributed by atoms with E-state index in [0.717, 1.165) is 47.6 Å². The Bertz CT molecular complexity index is 963. The molecule has 3 amide bonds. The van der Waals surface area contributed by atoms with Gasteiger partial charge in [0.2, 0.25) is 5.91 Å². The number of hydrogen-bond acceptors (Lipinski definition) is 4. The number of piperidine rings is 1. The molecule has 0 aliphatic carbocycles. The third-order valence-electron chi connectivity index (χ3n) is 5.18. The van der Waals surface area contributed by atoms with Crippen LogP contribution in [0.1, 0.15) is 31.7 Å². The molecule has 140 valence electrons. The lowest BCUT2D eigenvalue weighted by Crippen LogP contribution is -2.43. The fourth-order valence-corrected chi connectivity index (χ4v) is 4.46. The number of rotatable bonds is 3. The predicted octanol–water partition coefficient (Wildman–Crippen LogP) is 3.37. The van der Waals surface area contributed by atoms with E-state index in [4.69, 9.17) is 0 Å². The predicted molar refractivity (Wildman–Crippen MR) is 106 cm³/mol. The molecule has 2 aromatic rings.